The monoisotopic (exact) mass is 335 g/mol. The number of aliphatic imine (C=N–C) groups is 1. The summed E-state index contributed by atoms with van der Waals surface area (Å²) in [6.45, 7) is 3.71. The average Bonchev–Trinajstić information content (AvgIpc) is 2.41. The number of esters is 1. The van der Waals surface area contributed by atoms with Gasteiger partial charge in [-0.1, -0.05) is 28.1 Å². The molecule has 0 saturated carbocycles. The van der Waals surface area contributed by atoms with Gasteiger partial charge in [0.05, 0.1) is 6.61 Å². The molecule has 0 saturated heterocycles. The minimum absolute atomic E-state index is 0.243. The molecule has 1 aliphatic heterocycles. The van der Waals surface area contributed by atoms with E-state index in [9.17, 15) is 9.59 Å². The van der Waals surface area contributed by atoms with Crippen molar-refractivity contribution in [2.24, 2.45) is 10.9 Å². The lowest BCUT2D eigenvalue weighted by Gasteiger charge is -2.18. The van der Waals surface area contributed by atoms with Crippen LogP contribution in [0.15, 0.2) is 39.4 Å². The van der Waals surface area contributed by atoms with Gasteiger partial charge >= 0.3 is 5.97 Å². The molecule has 0 amide bonds. The Labute approximate surface area is 125 Å². The molecule has 1 atom stereocenters. The molecule has 4 nitrogen and oxygen atoms in total. The maximum absolute atomic E-state index is 12.5. The molecule has 0 radical (unpaired) electrons. The summed E-state index contributed by atoms with van der Waals surface area (Å²) < 4.78 is 5.83. The van der Waals surface area contributed by atoms with Crippen LogP contribution in [0.3, 0.4) is 0 Å². The molecule has 0 spiro atoms. The molecule has 104 valence electrons. The molecule has 5 heteroatoms. The van der Waals surface area contributed by atoms with Crippen LogP contribution in [0.2, 0.25) is 0 Å². The number of hydrogen-bond acceptors (Lipinski definition) is 4. The van der Waals surface area contributed by atoms with Gasteiger partial charge in [-0.15, -0.1) is 0 Å². The number of benzene rings is 1. The van der Waals surface area contributed by atoms with E-state index in [4.69, 9.17) is 4.74 Å². The molecule has 0 aliphatic carbocycles. The topological polar surface area (TPSA) is 55.7 Å². The first-order chi connectivity index (χ1) is 9.54. The summed E-state index contributed by atoms with van der Waals surface area (Å²) in [6.07, 6.45) is 1.36. The van der Waals surface area contributed by atoms with E-state index in [2.05, 4.69) is 20.9 Å². The van der Waals surface area contributed by atoms with Gasteiger partial charge in [0.1, 0.15) is 0 Å². The highest BCUT2D eigenvalue weighted by Crippen LogP contribution is 2.28. The van der Waals surface area contributed by atoms with Gasteiger partial charge < -0.3 is 4.74 Å². The van der Waals surface area contributed by atoms with Crippen molar-refractivity contribution in [2.75, 3.05) is 6.61 Å². The Morgan fingerprint density at radius 3 is 2.60 bits per heavy atom. The van der Waals surface area contributed by atoms with Crippen molar-refractivity contribution in [3.63, 3.8) is 0 Å². The van der Waals surface area contributed by atoms with Crippen LogP contribution < -0.4 is 0 Å². The van der Waals surface area contributed by atoms with Crippen LogP contribution in [0.5, 0.6) is 0 Å². The largest absolute Gasteiger partial charge is 0.465 e. The van der Waals surface area contributed by atoms with Gasteiger partial charge in [-0.05, 0) is 31.5 Å². The minimum Gasteiger partial charge on any atom is -0.465 e. The highest BCUT2D eigenvalue weighted by atomic mass is 79.9. The summed E-state index contributed by atoms with van der Waals surface area (Å²) in [5.74, 6) is -1.76. The summed E-state index contributed by atoms with van der Waals surface area (Å²) in [4.78, 5) is 28.4. The maximum Gasteiger partial charge on any atom is 0.322 e. The second-order valence-electron chi connectivity index (χ2n) is 4.34. The third-order valence-corrected chi connectivity index (χ3v) is 3.51. The van der Waals surface area contributed by atoms with Crippen LogP contribution in [0, 0.1) is 5.92 Å². The molecule has 0 fully saturated rings. The van der Waals surface area contributed by atoms with E-state index in [0.29, 0.717) is 11.3 Å². The van der Waals surface area contributed by atoms with E-state index in [1.165, 1.54) is 6.21 Å². The van der Waals surface area contributed by atoms with E-state index in [1.807, 2.05) is 24.3 Å². The fourth-order valence-corrected chi connectivity index (χ4v) is 2.28. The number of ketones is 1. The zero-order valence-electron chi connectivity index (χ0n) is 11.2. The first kappa shape index (κ1) is 14.7. The molecule has 2 rings (SSSR count). The SMILES string of the molecule is CCOC(=O)C1C=NC(C)=C(c2ccc(Br)cc2)C1=O. The van der Waals surface area contributed by atoms with Gasteiger partial charge in [0.15, 0.2) is 11.7 Å². The summed E-state index contributed by atoms with van der Waals surface area (Å²) in [6, 6.07) is 7.34. The molecule has 1 aromatic carbocycles. The van der Waals surface area contributed by atoms with Crippen molar-refractivity contribution in [2.45, 2.75) is 13.8 Å². The second kappa shape index (κ2) is 6.13. The van der Waals surface area contributed by atoms with Crippen LogP contribution in [-0.2, 0) is 14.3 Å². The van der Waals surface area contributed by atoms with E-state index in [0.717, 1.165) is 10.0 Å². The molecule has 20 heavy (non-hydrogen) atoms. The second-order valence-corrected chi connectivity index (χ2v) is 5.26. The lowest BCUT2D eigenvalue weighted by atomic mass is 9.90. The lowest BCUT2D eigenvalue weighted by molar-refractivity contribution is -0.147. The van der Waals surface area contributed by atoms with Crippen LogP contribution in [0.1, 0.15) is 19.4 Å². The summed E-state index contributed by atoms with van der Waals surface area (Å²) in [5.41, 5.74) is 1.83. The number of allylic oxidation sites excluding steroid dienone is 2. The third kappa shape index (κ3) is 2.88. The van der Waals surface area contributed by atoms with Crippen LogP contribution >= 0.6 is 15.9 Å². The Kier molecular flexibility index (Phi) is 4.49. The van der Waals surface area contributed by atoms with E-state index < -0.39 is 11.9 Å². The third-order valence-electron chi connectivity index (χ3n) is 2.98. The molecule has 0 bridgehead atoms. The number of carbonyl (C=O) groups excluding carboxylic acids is 2. The summed E-state index contributed by atoms with van der Waals surface area (Å²) in [7, 11) is 0. The van der Waals surface area contributed by atoms with Gasteiger partial charge in [-0.25, -0.2) is 0 Å². The first-order valence-electron chi connectivity index (χ1n) is 6.26. The van der Waals surface area contributed by atoms with Gasteiger partial charge in [0.25, 0.3) is 0 Å². The molecular weight excluding hydrogens is 322 g/mol. The van der Waals surface area contributed by atoms with Crippen LogP contribution in [0.25, 0.3) is 5.57 Å². The zero-order chi connectivity index (χ0) is 14.7. The standard InChI is InChI=1S/C15H14BrNO3/c1-3-20-15(19)12-8-17-9(2)13(14(12)18)10-4-6-11(16)7-5-10/h4-8,12H,3H2,1-2H3. The molecule has 1 heterocycles. The Bertz CT molecular complexity index is 602. The maximum atomic E-state index is 12.5. The number of carbonyl (C=O) groups is 2. The number of ether oxygens (including phenoxy) is 1. The smallest absolute Gasteiger partial charge is 0.322 e. The normalized spacial score (nSPS) is 18.4. The minimum atomic E-state index is -0.947. The van der Waals surface area contributed by atoms with Crippen molar-refractivity contribution in [3.8, 4) is 0 Å². The lowest BCUT2D eigenvalue weighted by Crippen LogP contribution is -2.30. The van der Waals surface area contributed by atoms with Crippen LogP contribution in [-0.4, -0.2) is 24.6 Å². The highest BCUT2D eigenvalue weighted by molar-refractivity contribution is 9.10. The van der Waals surface area contributed by atoms with Gasteiger partial charge in [-0.2, -0.15) is 0 Å². The molecule has 0 aromatic heterocycles. The highest BCUT2D eigenvalue weighted by Gasteiger charge is 2.33. The number of Topliss-reactive ketones (excluding diaryl/α,β-unsaturated/α-hetero) is 1. The Balaban J connectivity index is 2.36. The zero-order valence-corrected chi connectivity index (χ0v) is 12.8. The fourth-order valence-electron chi connectivity index (χ4n) is 2.02. The van der Waals surface area contributed by atoms with Gasteiger partial charge in [0, 0.05) is 22.0 Å². The number of rotatable bonds is 3. The van der Waals surface area contributed by atoms with Crippen LogP contribution in [0.4, 0.5) is 0 Å². The van der Waals surface area contributed by atoms with Gasteiger partial charge in [-0.3, -0.25) is 14.6 Å². The number of halogens is 1. The number of nitrogens with zero attached hydrogens (tertiary/aromatic N) is 1. The van der Waals surface area contributed by atoms with Crippen molar-refractivity contribution >= 4 is 39.5 Å². The Morgan fingerprint density at radius 2 is 2.00 bits per heavy atom. The Morgan fingerprint density at radius 1 is 1.35 bits per heavy atom. The molecule has 1 aliphatic rings. The van der Waals surface area contributed by atoms with E-state index in [-0.39, 0.29) is 12.4 Å². The molecule has 1 unspecified atom stereocenters. The summed E-state index contributed by atoms with van der Waals surface area (Å²) in [5, 5.41) is 0. The predicted molar refractivity (Wildman–Crippen MR) is 80.4 cm³/mol. The average molecular weight is 336 g/mol. The Hall–Kier alpha value is -1.75. The van der Waals surface area contributed by atoms with Gasteiger partial charge in [0.2, 0.25) is 0 Å². The van der Waals surface area contributed by atoms with Crippen molar-refractivity contribution in [1.29, 1.82) is 0 Å². The predicted octanol–water partition coefficient (Wildman–Crippen LogP) is 3.01. The molecule has 0 N–H and O–H groups in total. The number of hydrogen-bond donors (Lipinski definition) is 0. The molecular formula is C15H14BrNO3. The van der Waals surface area contributed by atoms with Crippen molar-refractivity contribution < 1.29 is 14.3 Å². The summed E-state index contributed by atoms with van der Waals surface area (Å²) >= 11 is 3.35. The fraction of sp³-hybridized carbons (Fsp3) is 0.267. The van der Waals surface area contributed by atoms with E-state index in [1.54, 1.807) is 13.8 Å². The first-order valence-corrected chi connectivity index (χ1v) is 7.05. The molecule has 1 aromatic rings. The van der Waals surface area contributed by atoms with E-state index >= 15 is 0 Å². The van der Waals surface area contributed by atoms with Crippen molar-refractivity contribution in [1.82, 2.24) is 0 Å². The van der Waals surface area contributed by atoms with Crippen molar-refractivity contribution in [3.05, 3.63) is 40.0 Å². The quantitative estimate of drug-likeness (QED) is 0.630.